The molecule has 1 aliphatic heterocycles. The number of halogens is 1. The second-order valence-corrected chi connectivity index (χ2v) is 5.53. The van der Waals surface area contributed by atoms with E-state index in [1.54, 1.807) is 0 Å². The van der Waals surface area contributed by atoms with E-state index in [9.17, 15) is 0 Å². The van der Waals surface area contributed by atoms with E-state index in [1.807, 2.05) is 0 Å². The molecule has 0 unspecified atom stereocenters. The van der Waals surface area contributed by atoms with Crippen molar-refractivity contribution in [2.75, 3.05) is 33.7 Å². The van der Waals surface area contributed by atoms with Crippen LogP contribution in [0.5, 0.6) is 0 Å². The van der Waals surface area contributed by atoms with Crippen LogP contribution < -0.4 is 0 Å². The number of rotatable bonds is 5. The molecule has 0 aliphatic carbocycles. The van der Waals surface area contributed by atoms with Crippen molar-refractivity contribution < 1.29 is 0 Å². The first-order valence-electron chi connectivity index (χ1n) is 6.64. The smallest absolute Gasteiger partial charge is 0.0443 e. The van der Waals surface area contributed by atoms with Crippen molar-refractivity contribution in [2.24, 2.45) is 0 Å². The van der Waals surface area contributed by atoms with Gasteiger partial charge in [0.25, 0.3) is 0 Å². The van der Waals surface area contributed by atoms with Gasteiger partial charge in [0, 0.05) is 43.5 Å². The Kier molecular flexibility index (Phi) is 5.06. The van der Waals surface area contributed by atoms with E-state index >= 15 is 0 Å². The molecule has 3 heteroatoms. The minimum Gasteiger partial charge on any atom is -0.376 e. The van der Waals surface area contributed by atoms with Gasteiger partial charge in [0.15, 0.2) is 0 Å². The van der Waals surface area contributed by atoms with Gasteiger partial charge in [-0.2, -0.15) is 0 Å². The van der Waals surface area contributed by atoms with Crippen LogP contribution >= 0.6 is 11.6 Å². The molecule has 0 saturated heterocycles. The van der Waals surface area contributed by atoms with Crippen LogP contribution in [0.25, 0.3) is 0 Å². The van der Waals surface area contributed by atoms with Gasteiger partial charge in [0.05, 0.1) is 0 Å². The van der Waals surface area contributed by atoms with E-state index in [0.717, 1.165) is 31.1 Å². The van der Waals surface area contributed by atoms with Crippen LogP contribution in [0.2, 0.25) is 0 Å². The molecule has 1 aromatic rings. The zero-order valence-corrected chi connectivity index (χ0v) is 12.4. The van der Waals surface area contributed by atoms with Crippen LogP contribution in [0.15, 0.2) is 53.2 Å². The third kappa shape index (κ3) is 4.41. The third-order valence-corrected chi connectivity index (χ3v) is 3.70. The lowest BCUT2D eigenvalue weighted by Gasteiger charge is -2.24. The molecule has 0 saturated carbocycles. The number of likely N-dealkylation sites (N-methyl/N-ethyl adjacent to an activating group) is 2. The van der Waals surface area contributed by atoms with Crippen LogP contribution in [0.4, 0.5) is 0 Å². The average molecular weight is 277 g/mol. The van der Waals surface area contributed by atoms with E-state index in [2.05, 4.69) is 66.5 Å². The Morgan fingerprint density at radius 3 is 2.74 bits per heavy atom. The van der Waals surface area contributed by atoms with Crippen LogP contribution in [0.1, 0.15) is 5.56 Å². The molecule has 0 atom stereocenters. The molecule has 1 aliphatic rings. The summed E-state index contributed by atoms with van der Waals surface area (Å²) in [6.07, 6.45) is 5.28. The molecule has 0 N–H and O–H groups in total. The van der Waals surface area contributed by atoms with E-state index in [-0.39, 0.29) is 0 Å². The Balaban J connectivity index is 1.84. The Morgan fingerprint density at radius 2 is 2.00 bits per heavy atom. The highest BCUT2D eigenvalue weighted by molar-refractivity contribution is 6.32. The topological polar surface area (TPSA) is 6.48 Å². The van der Waals surface area contributed by atoms with Gasteiger partial charge in [-0.3, -0.25) is 0 Å². The summed E-state index contributed by atoms with van der Waals surface area (Å²) in [6.45, 7) is 2.83. The summed E-state index contributed by atoms with van der Waals surface area (Å²) < 4.78 is 0. The highest BCUT2D eigenvalue weighted by Gasteiger charge is 2.11. The van der Waals surface area contributed by atoms with E-state index < -0.39 is 0 Å². The van der Waals surface area contributed by atoms with Crippen molar-refractivity contribution in [1.29, 1.82) is 0 Å². The molecule has 0 radical (unpaired) electrons. The minimum absolute atomic E-state index is 0.893. The number of hydrogen-bond acceptors (Lipinski definition) is 2. The molecule has 0 bridgehead atoms. The van der Waals surface area contributed by atoms with Gasteiger partial charge in [0.1, 0.15) is 0 Å². The summed E-state index contributed by atoms with van der Waals surface area (Å²) in [5, 5.41) is 0.893. The normalized spacial score (nSPS) is 15.5. The van der Waals surface area contributed by atoms with Crippen molar-refractivity contribution >= 4 is 11.6 Å². The van der Waals surface area contributed by atoms with Gasteiger partial charge in [-0.05, 0) is 25.1 Å². The van der Waals surface area contributed by atoms with Gasteiger partial charge in [0.2, 0.25) is 0 Å². The van der Waals surface area contributed by atoms with E-state index in [1.165, 1.54) is 11.1 Å². The van der Waals surface area contributed by atoms with Gasteiger partial charge in [-0.1, -0.05) is 41.9 Å². The molecule has 0 spiro atoms. The van der Waals surface area contributed by atoms with Crippen molar-refractivity contribution in [1.82, 2.24) is 9.80 Å². The summed E-state index contributed by atoms with van der Waals surface area (Å²) in [4.78, 5) is 4.47. The largest absolute Gasteiger partial charge is 0.376 e. The standard InChI is InChI=1S/C16H21ClN2/c1-18(10-8-14-6-4-3-5-7-14)12-15-13-19(2)11-9-16(15)17/h3-7,9,13H,8,10-12H2,1-2H3. The summed E-state index contributed by atoms with van der Waals surface area (Å²) in [5.41, 5.74) is 2.58. The number of benzene rings is 1. The molecule has 2 rings (SSSR count). The Bertz CT molecular complexity index is 465. The third-order valence-electron chi connectivity index (χ3n) is 3.31. The summed E-state index contributed by atoms with van der Waals surface area (Å²) in [5.74, 6) is 0. The first-order chi connectivity index (χ1) is 9.15. The zero-order valence-electron chi connectivity index (χ0n) is 11.6. The number of nitrogens with zero attached hydrogens (tertiary/aromatic N) is 2. The van der Waals surface area contributed by atoms with Gasteiger partial charge < -0.3 is 9.80 Å². The molecule has 1 heterocycles. The molecular formula is C16H21ClN2. The van der Waals surface area contributed by atoms with E-state index in [0.29, 0.717) is 0 Å². The van der Waals surface area contributed by atoms with Crippen molar-refractivity contribution in [3.8, 4) is 0 Å². The SMILES string of the molecule is CN1C=C(CN(C)CCc2ccccc2)C(Cl)=CC1. The average Bonchev–Trinajstić information content (AvgIpc) is 2.42. The molecule has 2 nitrogen and oxygen atoms in total. The van der Waals surface area contributed by atoms with Crippen molar-refractivity contribution in [2.45, 2.75) is 6.42 Å². The predicted octanol–water partition coefficient (Wildman–Crippen LogP) is 3.11. The Labute approximate surface area is 121 Å². The molecule has 19 heavy (non-hydrogen) atoms. The van der Waals surface area contributed by atoms with Crippen LogP contribution in [-0.2, 0) is 6.42 Å². The fourth-order valence-corrected chi connectivity index (χ4v) is 2.36. The van der Waals surface area contributed by atoms with Crippen LogP contribution in [0.3, 0.4) is 0 Å². The maximum atomic E-state index is 6.25. The number of hydrogen-bond donors (Lipinski definition) is 0. The molecule has 0 fully saturated rings. The molecule has 1 aromatic carbocycles. The molecular weight excluding hydrogens is 256 g/mol. The maximum absolute atomic E-state index is 6.25. The van der Waals surface area contributed by atoms with Crippen LogP contribution in [0, 0.1) is 0 Å². The molecule has 0 amide bonds. The Morgan fingerprint density at radius 1 is 1.26 bits per heavy atom. The maximum Gasteiger partial charge on any atom is 0.0443 e. The van der Waals surface area contributed by atoms with Gasteiger partial charge >= 0.3 is 0 Å². The first kappa shape index (κ1) is 14.2. The summed E-state index contributed by atoms with van der Waals surface area (Å²) in [7, 11) is 4.21. The molecule has 0 aromatic heterocycles. The quantitative estimate of drug-likeness (QED) is 0.815. The fourth-order valence-electron chi connectivity index (χ4n) is 2.19. The van der Waals surface area contributed by atoms with Crippen molar-refractivity contribution in [3.63, 3.8) is 0 Å². The lowest BCUT2D eigenvalue weighted by Crippen LogP contribution is -2.26. The fraction of sp³-hybridized carbons (Fsp3) is 0.375. The highest BCUT2D eigenvalue weighted by Crippen LogP contribution is 2.20. The monoisotopic (exact) mass is 276 g/mol. The molecule has 102 valence electrons. The van der Waals surface area contributed by atoms with E-state index in [4.69, 9.17) is 11.6 Å². The summed E-state index contributed by atoms with van der Waals surface area (Å²) >= 11 is 6.25. The lowest BCUT2D eigenvalue weighted by molar-refractivity contribution is 0.363. The minimum atomic E-state index is 0.893. The van der Waals surface area contributed by atoms with Crippen LogP contribution in [-0.4, -0.2) is 43.5 Å². The second kappa shape index (κ2) is 6.78. The van der Waals surface area contributed by atoms with Crippen molar-refractivity contribution in [3.05, 3.63) is 58.8 Å². The van der Waals surface area contributed by atoms with Gasteiger partial charge in [-0.15, -0.1) is 0 Å². The predicted molar refractivity (Wildman–Crippen MR) is 82.3 cm³/mol. The first-order valence-corrected chi connectivity index (χ1v) is 7.02. The lowest BCUT2D eigenvalue weighted by atomic mass is 10.1. The van der Waals surface area contributed by atoms with Gasteiger partial charge in [-0.25, -0.2) is 0 Å². The summed E-state index contributed by atoms with van der Waals surface area (Å²) in [6, 6.07) is 10.6. The second-order valence-electron chi connectivity index (χ2n) is 5.12. The highest BCUT2D eigenvalue weighted by atomic mass is 35.5. The Hall–Kier alpha value is -1.25. The zero-order chi connectivity index (χ0) is 13.7.